The van der Waals surface area contributed by atoms with Crippen LogP contribution in [-0.4, -0.2) is 11.8 Å². The van der Waals surface area contributed by atoms with Crippen molar-refractivity contribution in [1.29, 1.82) is 0 Å². The molecule has 0 heterocycles. The summed E-state index contributed by atoms with van der Waals surface area (Å²) in [5, 5.41) is 5.72. The minimum absolute atomic E-state index is 0.202. The molecule has 0 bridgehead atoms. The van der Waals surface area contributed by atoms with Gasteiger partial charge >= 0.3 is 0 Å². The van der Waals surface area contributed by atoms with Crippen LogP contribution in [0.3, 0.4) is 0 Å². The van der Waals surface area contributed by atoms with Crippen molar-refractivity contribution in [1.82, 2.24) is 0 Å². The molecule has 0 unspecified atom stereocenters. The van der Waals surface area contributed by atoms with Crippen LogP contribution in [0.5, 0.6) is 0 Å². The van der Waals surface area contributed by atoms with Gasteiger partial charge in [-0.05, 0) is 61.9 Å². The largest absolute Gasteiger partial charge is 0.322 e. The van der Waals surface area contributed by atoms with Gasteiger partial charge in [-0.3, -0.25) is 9.59 Å². The number of amides is 2. The Kier molecular flexibility index (Phi) is 5.13. The highest BCUT2D eigenvalue weighted by Crippen LogP contribution is 2.17. The topological polar surface area (TPSA) is 58.2 Å². The number of para-hydroxylation sites is 1. The van der Waals surface area contributed by atoms with Crippen LogP contribution in [0.4, 0.5) is 11.4 Å². The smallest absolute Gasteiger partial charge is 0.255 e. The van der Waals surface area contributed by atoms with Crippen molar-refractivity contribution in [2.24, 2.45) is 0 Å². The normalized spacial score (nSPS) is 10.2. The molecule has 0 aliphatic heterocycles. The Balaban J connectivity index is 1.68. The van der Waals surface area contributed by atoms with Gasteiger partial charge in [-0.25, -0.2) is 0 Å². The molecule has 0 saturated heterocycles. The SMILES string of the molecule is Cc1ccc(NC(=O)c2ccc(C(=O)Nc3ccccc3)cc2)c(C)c1. The summed E-state index contributed by atoms with van der Waals surface area (Å²) in [6, 6.07) is 21.7. The maximum absolute atomic E-state index is 12.4. The lowest BCUT2D eigenvalue weighted by molar-refractivity contribution is 0.101. The minimum atomic E-state index is -0.211. The van der Waals surface area contributed by atoms with Gasteiger partial charge in [-0.1, -0.05) is 35.9 Å². The molecule has 4 heteroatoms. The molecule has 0 aliphatic rings. The zero-order valence-electron chi connectivity index (χ0n) is 14.7. The Morgan fingerprint density at radius 1 is 0.692 bits per heavy atom. The van der Waals surface area contributed by atoms with Gasteiger partial charge in [0.1, 0.15) is 0 Å². The maximum Gasteiger partial charge on any atom is 0.255 e. The first-order chi connectivity index (χ1) is 12.5. The van der Waals surface area contributed by atoms with Crippen molar-refractivity contribution in [2.45, 2.75) is 13.8 Å². The van der Waals surface area contributed by atoms with Crippen LogP contribution in [0.1, 0.15) is 31.8 Å². The Labute approximate surface area is 152 Å². The zero-order chi connectivity index (χ0) is 18.5. The molecule has 3 aromatic rings. The molecule has 0 atom stereocenters. The lowest BCUT2D eigenvalue weighted by Crippen LogP contribution is -2.14. The number of aryl methyl sites for hydroxylation is 2. The first-order valence-corrected chi connectivity index (χ1v) is 8.38. The van der Waals surface area contributed by atoms with E-state index in [1.807, 2.05) is 62.4 Å². The molecule has 3 rings (SSSR count). The molecule has 0 fully saturated rings. The van der Waals surface area contributed by atoms with Crippen molar-refractivity contribution in [3.8, 4) is 0 Å². The lowest BCUT2D eigenvalue weighted by atomic mass is 10.1. The van der Waals surface area contributed by atoms with Gasteiger partial charge in [-0.15, -0.1) is 0 Å². The van der Waals surface area contributed by atoms with Gasteiger partial charge in [0.05, 0.1) is 0 Å². The summed E-state index contributed by atoms with van der Waals surface area (Å²) in [6.07, 6.45) is 0. The highest BCUT2D eigenvalue weighted by Gasteiger charge is 2.10. The minimum Gasteiger partial charge on any atom is -0.322 e. The summed E-state index contributed by atoms with van der Waals surface area (Å²) in [5.41, 5.74) is 4.67. The van der Waals surface area contributed by atoms with E-state index in [0.29, 0.717) is 11.1 Å². The molecule has 2 amide bonds. The number of rotatable bonds is 4. The van der Waals surface area contributed by atoms with Crippen LogP contribution in [0.25, 0.3) is 0 Å². The van der Waals surface area contributed by atoms with Crippen LogP contribution in [0, 0.1) is 13.8 Å². The second-order valence-corrected chi connectivity index (χ2v) is 6.17. The van der Waals surface area contributed by atoms with Crippen LogP contribution in [-0.2, 0) is 0 Å². The van der Waals surface area contributed by atoms with Gasteiger partial charge in [0.15, 0.2) is 0 Å². The molecule has 0 radical (unpaired) electrons. The number of benzene rings is 3. The fourth-order valence-electron chi connectivity index (χ4n) is 2.65. The van der Waals surface area contributed by atoms with Crippen molar-refractivity contribution >= 4 is 23.2 Å². The molecule has 0 saturated carbocycles. The van der Waals surface area contributed by atoms with E-state index in [1.165, 1.54) is 0 Å². The first-order valence-electron chi connectivity index (χ1n) is 8.38. The van der Waals surface area contributed by atoms with E-state index in [9.17, 15) is 9.59 Å². The molecule has 3 aromatic carbocycles. The standard InChI is InChI=1S/C22H20N2O2/c1-15-8-13-20(16(2)14-15)24-22(26)18-11-9-17(10-12-18)21(25)23-19-6-4-3-5-7-19/h3-14H,1-2H3,(H,23,25)(H,24,26). The number of hydrogen-bond donors (Lipinski definition) is 2. The number of carbonyl (C=O) groups excluding carboxylic acids is 2. The number of nitrogens with one attached hydrogen (secondary N) is 2. The van der Waals surface area contributed by atoms with Gasteiger partial charge in [0, 0.05) is 22.5 Å². The average Bonchev–Trinajstić information content (AvgIpc) is 2.65. The van der Waals surface area contributed by atoms with Gasteiger partial charge in [-0.2, -0.15) is 0 Å². The van der Waals surface area contributed by atoms with Crippen molar-refractivity contribution in [3.05, 3.63) is 95.1 Å². The molecule has 0 aliphatic carbocycles. The van der Waals surface area contributed by atoms with E-state index in [0.717, 1.165) is 22.5 Å². The van der Waals surface area contributed by atoms with Crippen LogP contribution >= 0.6 is 0 Å². The maximum atomic E-state index is 12.4. The monoisotopic (exact) mass is 344 g/mol. The molecule has 0 aromatic heterocycles. The zero-order valence-corrected chi connectivity index (χ0v) is 14.7. The second-order valence-electron chi connectivity index (χ2n) is 6.17. The van der Waals surface area contributed by atoms with Gasteiger partial charge < -0.3 is 10.6 Å². The lowest BCUT2D eigenvalue weighted by Gasteiger charge is -2.10. The van der Waals surface area contributed by atoms with Crippen molar-refractivity contribution < 1.29 is 9.59 Å². The third kappa shape index (κ3) is 4.16. The second kappa shape index (κ2) is 7.66. The fraction of sp³-hybridized carbons (Fsp3) is 0.0909. The number of anilines is 2. The summed E-state index contributed by atoms with van der Waals surface area (Å²) < 4.78 is 0. The van der Waals surface area contributed by atoms with Gasteiger partial charge in [0.25, 0.3) is 11.8 Å². The Hall–Kier alpha value is -3.40. The summed E-state index contributed by atoms with van der Waals surface area (Å²) in [4.78, 5) is 24.7. The van der Waals surface area contributed by atoms with E-state index < -0.39 is 0 Å². The third-order valence-electron chi connectivity index (χ3n) is 4.07. The first kappa shape index (κ1) is 17.4. The van der Waals surface area contributed by atoms with Crippen LogP contribution < -0.4 is 10.6 Å². The average molecular weight is 344 g/mol. The molecule has 4 nitrogen and oxygen atoms in total. The van der Waals surface area contributed by atoms with Crippen molar-refractivity contribution in [3.63, 3.8) is 0 Å². The van der Waals surface area contributed by atoms with Crippen molar-refractivity contribution in [2.75, 3.05) is 10.6 Å². The Morgan fingerprint density at radius 3 is 1.85 bits per heavy atom. The van der Waals surface area contributed by atoms with E-state index >= 15 is 0 Å². The molecule has 26 heavy (non-hydrogen) atoms. The third-order valence-corrected chi connectivity index (χ3v) is 4.07. The summed E-state index contributed by atoms with van der Waals surface area (Å²) in [7, 11) is 0. The van der Waals surface area contributed by atoms with E-state index in [-0.39, 0.29) is 11.8 Å². The Morgan fingerprint density at radius 2 is 1.27 bits per heavy atom. The van der Waals surface area contributed by atoms with Crippen LogP contribution in [0.15, 0.2) is 72.8 Å². The summed E-state index contributed by atoms with van der Waals surface area (Å²) in [6.45, 7) is 3.97. The quantitative estimate of drug-likeness (QED) is 0.714. The predicted molar refractivity (Wildman–Crippen MR) is 105 cm³/mol. The van der Waals surface area contributed by atoms with Gasteiger partial charge in [0.2, 0.25) is 0 Å². The molecular weight excluding hydrogens is 324 g/mol. The van der Waals surface area contributed by atoms with E-state index in [1.54, 1.807) is 24.3 Å². The molecule has 0 spiro atoms. The number of hydrogen-bond acceptors (Lipinski definition) is 2. The molecular formula is C22H20N2O2. The van der Waals surface area contributed by atoms with E-state index in [2.05, 4.69) is 10.6 Å². The highest BCUT2D eigenvalue weighted by molar-refractivity contribution is 6.07. The predicted octanol–water partition coefficient (Wildman–Crippen LogP) is 4.81. The highest BCUT2D eigenvalue weighted by atomic mass is 16.2. The van der Waals surface area contributed by atoms with E-state index in [4.69, 9.17) is 0 Å². The summed E-state index contributed by atoms with van der Waals surface area (Å²) in [5.74, 6) is -0.412. The molecule has 130 valence electrons. The number of carbonyl (C=O) groups is 2. The van der Waals surface area contributed by atoms with Crippen LogP contribution in [0.2, 0.25) is 0 Å². The Bertz CT molecular complexity index is 932. The summed E-state index contributed by atoms with van der Waals surface area (Å²) >= 11 is 0. The fourth-order valence-corrected chi connectivity index (χ4v) is 2.65. The molecule has 2 N–H and O–H groups in total.